The van der Waals surface area contributed by atoms with E-state index in [9.17, 15) is 35.1 Å². The molecule has 1 fully saturated rings. The molecule has 1 aliphatic rings. The number of carbonyl (C=O) groups is 2. The van der Waals surface area contributed by atoms with E-state index in [4.69, 9.17) is 14.2 Å². The lowest BCUT2D eigenvalue weighted by atomic mass is 9.99. The van der Waals surface area contributed by atoms with Gasteiger partial charge in [-0.1, -0.05) is 212 Å². The third kappa shape index (κ3) is 34.2. The molecule has 0 aromatic heterocycles. The summed E-state index contributed by atoms with van der Waals surface area (Å²) in [6.07, 6.45) is 53.8. The van der Waals surface area contributed by atoms with Crippen molar-refractivity contribution in [3.8, 4) is 0 Å². The molecule has 1 aliphatic heterocycles. The number of esters is 1. The third-order valence-electron chi connectivity index (χ3n) is 11.4. The second kappa shape index (κ2) is 45.9. The largest absolute Gasteiger partial charge is 0.454 e. The van der Waals surface area contributed by atoms with Gasteiger partial charge in [-0.3, -0.25) is 9.59 Å². The zero-order valence-electron chi connectivity index (χ0n) is 43.1. The molecule has 11 heteroatoms. The van der Waals surface area contributed by atoms with Gasteiger partial charge in [-0.25, -0.2) is 0 Å². The van der Waals surface area contributed by atoms with Gasteiger partial charge in [-0.15, -0.1) is 0 Å². The molecule has 8 unspecified atom stereocenters. The summed E-state index contributed by atoms with van der Waals surface area (Å²) in [7, 11) is 0. The summed E-state index contributed by atoms with van der Waals surface area (Å²) < 4.78 is 17.4. The smallest absolute Gasteiger partial charge is 0.306 e. The summed E-state index contributed by atoms with van der Waals surface area (Å²) in [4.78, 5) is 26.3. The normalized spacial score (nSPS) is 20.8. The Labute approximate surface area is 422 Å². The van der Waals surface area contributed by atoms with Gasteiger partial charge >= 0.3 is 5.97 Å². The van der Waals surface area contributed by atoms with Crippen molar-refractivity contribution in [3.63, 3.8) is 0 Å². The topological polar surface area (TPSA) is 175 Å². The van der Waals surface area contributed by atoms with E-state index in [0.717, 1.165) is 64.2 Å². The van der Waals surface area contributed by atoms with E-state index >= 15 is 0 Å². The fraction of sp³-hybridized carbons (Fsp3) is 0.593. The molecule has 8 atom stereocenters. The highest BCUT2D eigenvalue weighted by atomic mass is 16.7. The number of unbranched alkanes of at least 4 members (excludes halogenated alkanes) is 11. The summed E-state index contributed by atoms with van der Waals surface area (Å²) in [6.45, 7) is 5.40. The quantitative estimate of drug-likeness (QED) is 0.0150. The number of aliphatic hydroxyl groups excluding tert-OH is 5. The first-order chi connectivity index (χ1) is 34.2. The summed E-state index contributed by atoms with van der Waals surface area (Å²) >= 11 is 0. The van der Waals surface area contributed by atoms with Gasteiger partial charge in [0.25, 0.3) is 0 Å². The van der Waals surface area contributed by atoms with Crippen LogP contribution >= 0.6 is 0 Å². The molecule has 0 aromatic carbocycles. The minimum Gasteiger partial charge on any atom is -0.454 e. The van der Waals surface area contributed by atoms with Gasteiger partial charge in [0.15, 0.2) is 12.4 Å². The van der Waals surface area contributed by atoms with Crippen LogP contribution in [0.3, 0.4) is 0 Å². The number of allylic oxidation sites excluding steroid dienone is 21. The predicted molar refractivity (Wildman–Crippen MR) is 287 cm³/mol. The number of aliphatic hydroxyl groups is 5. The van der Waals surface area contributed by atoms with Crippen molar-refractivity contribution >= 4 is 11.9 Å². The van der Waals surface area contributed by atoms with Crippen molar-refractivity contribution in [1.82, 2.24) is 5.32 Å². The Kier molecular flexibility index (Phi) is 41.9. The average molecular weight is 976 g/mol. The molecule has 0 bridgehead atoms. The molecule has 1 saturated heterocycles. The van der Waals surface area contributed by atoms with Crippen LogP contribution in [0.4, 0.5) is 0 Å². The van der Waals surface area contributed by atoms with Crippen LogP contribution in [-0.2, 0) is 23.8 Å². The van der Waals surface area contributed by atoms with E-state index in [1.54, 1.807) is 6.08 Å². The molecule has 11 nitrogen and oxygen atoms in total. The van der Waals surface area contributed by atoms with Crippen molar-refractivity contribution in [1.29, 1.82) is 0 Å². The molecule has 6 N–H and O–H groups in total. The Morgan fingerprint density at radius 2 is 1.10 bits per heavy atom. The molecule has 0 aliphatic carbocycles. The molecule has 1 heterocycles. The van der Waals surface area contributed by atoms with Crippen LogP contribution in [0.2, 0.25) is 0 Å². The Bertz CT molecular complexity index is 1640. The van der Waals surface area contributed by atoms with Crippen LogP contribution in [-0.4, -0.2) is 99.6 Å². The molecule has 0 aromatic rings. The third-order valence-corrected chi connectivity index (χ3v) is 11.4. The van der Waals surface area contributed by atoms with Crippen LogP contribution in [0, 0.1) is 0 Å². The first-order valence-corrected chi connectivity index (χ1v) is 26.5. The molecule has 0 saturated carbocycles. The van der Waals surface area contributed by atoms with Gasteiger partial charge < -0.3 is 45.1 Å². The van der Waals surface area contributed by atoms with Gasteiger partial charge in [0.05, 0.1) is 25.4 Å². The van der Waals surface area contributed by atoms with Crippen LogP contribution in [0.1, 0.15) is 162 Å². The lowest BCUT2D eigenvalue weighted by Gasteiger charge is -2.41. The molecule has 70 heavy (non-hydrogen) atoms. The second-order valence-corrected chi connectivity index (χ2v) is 17.6. The maximum absolute atomic E-state index is 13.3. The predicted octanol–water partition coefficient (Wildman–Crippen LogP) is 11.3. The van der Waals surface area contributed by atoms with Crippen molar-refractivity contribution in [2.45, 2.75) is 211 Å². The molecule has 0 spiro atoms. The van der Waals surface area contributed by atoms with Gasteiger partial charge in [-0.2, -0.15) is 0 Å². The van der Waals surface area contributed by atoms with Gasteiger partial charge in [0, 0.05) is 6.42 Å². The Morgan fingerprint density at radius 1 is 0.586 bits per heavy atom. The zero-order valence-corrected chi connectivity index (χ0v) is 43.1. The molecule has 1 rings (SSSR count). The van der Waals surface area contributed by atoms with E-state index in [-0.39, 0.29) is 19.4 Å². The first-order valence-electron chi connectivity index (χ1n) is 26.5. The number of hydrogen-bond acceptors (Lipinski definition) is 10. The van der Waals surface area contributed by atoms with Crippen molar-refractivity contribution in [2.75, 3.05) is 13.2 Å². The van der Waals surface area contributed by atoms with Gasteiger partial charge in [-0.05, 0) is 77.0 Å². The maximum Gasteiger partial charge on any atom is 0.306 e. The highest BCUT2D eigenvalue weighted by molar-refractivity contribution is 5.80. The molecular weight excluding hydrogens is 883 g/mol. The van der Waals surface area contributed by atoms with Crippen molar-refractivity contribution < 1.29 is 49.3 Å². The van der Waals surface area contributed by atoms with E-state index in [1.807, 2.05) is 72.9 Å². The average Bonchev–Trinajstić information content (AvgIpc) is 3.36. The van der Waals surface area contributed by atoms with Crippen LogP contribution < -0.4 is 5.32 Å². The summed E-state index contributed by atoms with van der Waals surface area (Å²) in [5.74, 6) is -1.35. The summed E-state index contributed by atoms with van der Waals surface area (Å²) in [5, 5.41) is 56.5. The monoisotopic (exact) mass is 976 g/mol. The zero-order chi connectivity index (χ0) is 51.1. The van der Waals surface area contributed by atoms with Crippen molar-refractivity contribution in [2.24, 2.45) is 0 Å². The Morgan fingerprint density at radius 3 is 1.67 bits per heavy atom. The van der Waals surface area contributed by atoms with E-state index < -0.39 is 67.4 Å². The van der Waals surface area contributed by atoms with E-state index in [0.29, 0.717) is 19.3 Å². The molecule has 394 valence electrons. The van der Waals surface area contributed by atoms with Gasteiger partial charge in [0.2, 0.25) is 5.91 Å². The lowest BCUT2D eigenvalue weighted by molar-refractivity contribution is -0.305. The first kappa shape index (κ1) is 63.8. The lowest BCUT2D eigenvalue weighted by Crippen LogP contribution is -2.61. The van der Waals surface area contributed by atoms with E-state index in [2.05, 4.69) is 80.8 Å². The number of hydrogen-bond donors (Lipinski definition) is 6. The number of ether oxygens (including phenoxy) is 3. The number of rotatable bonds is 41. The summed E-state index contributed by atoms with van der Waals surface area (Å²) in [5.41, 5.74) is 0. The minimum atomic E-state index is -1.66. The summed E-state index contributed by atoms with van der Waals surface area (Å²) in [6, 6.07) is -1.08. The van der Waals surface area contributed by atoms with Crippen LogP contribution in [0.5, 0.6) is 0 Å². The molecular formula is C59H93NO10. The number of amides is 1. The van der Waals surface area contributed by atoms with Gasteiger partial charge in [0.1, 0.15) is 24.4 Å². The number of carbonyl (C=O) groups excluding carboxylic acids is 2. The minimum absolute atomic E-state index is 0.0121. The SMILES string of the molecule is CC/C=C\C/C=C\C/C=C\C/C=C\C/C=C\CCC(O)C(=O)NC(COC1OC(CO)C(O)C(O)C1OC(=O)CCC/C=C/C=C\C=C/C=C/C=C/CC)C(O)/C=C/CCCCCCCCCCCC. The standard InChI is InChI=1S/C59H93NO10/c1-4-7-10-13-16-19-22-25-26-27-29-31-34-37-40-43-46-52(63)58(67)60-50(51(62)45-42-39-36-33-30-24-21-18-15-12-9-6-3)49-68-59-57(56(66)55(65)53(48-61)69-59)70-54(64)47-44-41-38-35-32-28-23-20-17-14-11-8-5-2/h7-8,10-11,14,16-17,19-20,23,25-26,28-29,31-32,35,37-38,40,42,45,50-53,55-57,59,61-63,65-66H,4-6,9,12-13,15,18,21-22,24,27,30,33-34,36,39,41,43-44,46-49H2,1-3H3,(H,60,67)/b10-7-,11-8+,17-14+,19-16-,23-20-,26-25-,31-29-,32-28-,38-35+,40-37-,45-42+. The fourth-order valence-corrected chi connectivity index (χ4v) is 7.24. The van der Waals surface area contributed by atoms with E-state index in [1.165, 1.54) is 44.9 Å². The fourth-order valence-electron chi connectivity index (χ4n) is 7.24. The van der Waals surface area contributed by atoms with Crippen LogP contribution in [0.15, 0.2) is 134 Å². The van der Waals surface area contributed by atoms with Crippen LogP contribution in [0.25, 0.3) is 0 Å². The Hall–Kier alpha value is -4.20. The highest BCUT2D eigenvalue weighted by Gasteiger charge is 2.47. The molecule has 1 amide bonds. The number of nitrogens with one attached hydrogen (secondary N) is 1. The maximum atomic E-state index is 13.3. The highest BCUT2D eigenvalue weighted by Crippen LogP contribution is 2.26. The second-order valence-electron chi connectivity index (χ2n) is 17.6. The Balaban J connectivity index is 2.88. The van der Waals surface area contributed by atoms with Crippen molar-refractivity contribution in [3.05, 3.63) is 134 Å². The molecule has 0 radical (unpaired) electrons.